The van der Waals surface area contributed by atoms with Crippen molar-refractivity contribution >= 4 is 11.8 Å². The maximum absolute atomic E-state index is 7.44. The van der Waals surface area contributed by atoms with Gasteiger partial charge in [-0.1, -0.05) is 0 Å². The molecular weight excluding hydrogens is 208 g/mol. The fourth-order valence-electron chi connectivity index (χ4n) is 1.65. The number of aromatic nitrogens is 2. The van der Waals surface area contributed by atoms with Gasteiger partial charge in [0.2, 0.25) is 5.96 Å². The Kier molecular flexibility index (Phi) is 2.37. The van der Waals surface area contributed by atoms with Crippen LogP contribution in [0, 0.1) is 12.3 Å². The van der Waals surface area contributed by atoms with Gasteiger partial charge in [-0.25, -0.2) is 5.84 Å². The molecule has 0 aromatic carbocycles. The van der Waals surface area contributed by atoms with E-state index >= 15 is 0 Å². The van der Waals surface area contributed by atoms with Crippen molar-refractivity contribution in [1.82, 2.24) is 15.2 Å². The smallest absolute Gasteiger partial charge is 0.235 e. The summed E-state index contributed by atoms with van der Waals surface area (Å²) in [4.78, 5) is 3.83. The number of hydrogen-bond acceptors (Lipinski definition) is 5. The fraction of sp³-hybridized carbons (Fsp3) is 0.375. The van der Waals surface area contributed by atoms with E-state index in [1.807, 2.05) is 13.0 Å². The zero-order valence-corrected chi connectivity index (χ0v) is 8.81. The van der Waals surface area contributed by atoms with Crippen molar-refractivity contribution in [3.8, 4) is 0 Å². The van der Waals surface area contributed by atoms with E-state index in [2.05, 4.69) is 15.2 Å². The number of guanidine groups is 1. The van der Waals surface area contributed by atoms with Crippen LogP contribution in [0.15, 0.2) is 11.1 Å². The van der Waals surface area contributed by atoms with Crippen LogP contribution in [0.1, 0.15) is 17.3 Å². The van der Waals surface area contributed by atoms with Crippen molar-refractivity contribution in [2.24, 2.45) is 22.3 Å². The van der Waals surface area contributed by atoms with Crippen LogP contribution in [0.4, 0.5) is 0 Å². The molecule has 1 aromatic heterocycles. The van der Waals surface area contributed by atoms with Gasteiger partial charge in [0, 0.05) is 5.69 Å². The minimum absolute atomic E-state index is 0.145. The molecule has 0 saturated heterocycles. The lowest BCUT2D eigenvalue weighted by molar-refractivity contribution is 0.296. The highest BCUT2D eigenvalue weighted by Gasteiger charge is 2.34. The summed E-state index contributed by atoms with van der Waals surface area (Å²) in [7, 11) is 0. The Morgan fingerprint density at radius 1 is 1.56 bits per heavy atom. The first-order valence-electron chi connectivity index (χ1n) is 4.74. The zero-order valence-electron chi connectivity index (χ0n) is 8.81. The molecule has 2 heterocycles. The summed E-state index contributed by atoms with van der Waals surface area (Å²) >= 11 is 0. The standard InChI is InChI=1S/C8H14N8/c1-3-2-4(15-14-3)5-6(9)13-8(11)16(12)7(5)10/h2,5,7H,10,12H2,1H3,(H,14,15)(H3,9,11,13). The number of amidine groups is 1. The quantitative estimate of drug-likeness (QED) is 0.369. The van der Waals surface area contributed by atoms with Gasteiger partial charge in [0.1, 0.15) is 12.0 Å². The third kappa shape index (κ3) is 1.53. The number of nitrogens with two attached hydrogens (primary N) is 3. The Hall–Kier alpha value is -1.93. The molecule has 1 aliphatic rings. The average molecular weight is 222 g/mol. The molecule has 0 saturated carbocycles. The molecule has 0 fully saturated rings. The van der Waals surface area contributed by atoms with Crippen LogP contribution < -0.4 is 17.3 Å². The molecule has 0 aliphatic carbocycles. The van der Waals surface area contributed by atoms with E-state index in [9.17, 15) is 0 Å². The van der Waals surface area contributed by atoms with E-state index in [1.165, 1.54) is 0 Å². The molecule has 86 valence electrons. The van der Waals surface area contributed by atoms with Crippen molar-refractivity contribution < 1.29 is 0 Å². The summed E-state index contributed by atoms with van der Waals surface area (Å²) in [6.07, 6.45) is -0.632. The molecule has 0 amide bonds. The molecule has 8 N–H and O–H groups in total. The Balaban J connectivity index is 2.40. The number of aromatic amines is 1. The number of rotatable bonds is 1. The third-order valence-electron chi connectivity index (χ3n) is 2.51. The van der Waals surface area contributed by atoms with E-state index in [4.69, 9.17) is 22.7 Å². The van der Waals surface area contributed by atoms with Gasteiger partial charge in [-0.3, -0.25) is 15.5 Å². The first kappa shape index (κ1) is 10.6. The van der Waals surface area contributed by atoms with E-state index in [0.29, 0.717) is 5.69 Å². The number of H-pyrrole nitrogens is 1. The summed E-state index contributed by atoms with van der Waals surface area (Å²) in [5.74, 6) is 5.31. The summed E-state index contributed by atoms with van der Waals surface area (Å²) in [6, 6.07) is 1.83. The van der Waals surface area contributed by atoms with Crippen LogP contribution in [0.25, 0.3) is 0 Å². The van der Waals surface area contributed by atoms with Gasteiger partial charge in [-0.15, -0.1) is 0 Å². The largest absolute Gasteiger partial charge is 0.386 e. The van der Waals surface area contributed by atoms with Crippen molar-refractivity contribution in [1.29, 1.82) is 5.41 Å². The average Bonchev–Trinajstić information content (AvgIpc) is 2.61. The lowest BCUT2D eigenvalue weighted by Gasteiger charge is -2.33. The highest BCUT2D eigenvalue weighted by molar-refractivity contribution is 6.00. The molecule has 16 heavy (non-hydrogen) atoms. The highest BCUT2D eigenvalue weighted by atomic mass is 15.5. The van der Waals surface area contributed by atoms with Crippen LogP contribution in [0.5, 0.6) is 0 Å². The maximum atomic E-state index is 7.44. The molecule has 8 heteroatoms. The molecule has 0 bridgehead atoms. The van der Waals surface area contributed by atoms with Crippen LogP contribution in [0.3, 0.4) is 0 Å². The predicted octanol–water partition coefficient (Wildman–Crippen LogP) is -1.43. The van der Waals surface area contributed by atoms with Crippen LogP contribution in [-0.2, 0) is 0 Å². The second-order valence-electron chi connectivity index (χ2n) is 3.71. The van der Waals surface area contributed by atoms with Gasteiger partial charge in [-0.2, -0.15) is 10.1 Å². The maximum Gasteiger partial charge on any atom is 0.235 e. The second-order valence-corrected chi connectivity index (χ2v) is 3.71. The molecule has 2 atom stereocenters. The van der Waals surface area contributed by atoms with E-state index in [1.54, 1.807) is 0 Å². The monoisotopic (exact) mass is 222 g/mol. The Morgan fingerprint density at radius 3 is 2.81 bits per heavy atom. The second kappa shape index (κ2) is 3.58. The van der Waals surface area contributed by atoms with Gasteiger partial charge in [0.25, 0.3) is 0 Å². The van der Waals surface area contributed by atoms with Gasteiger partial charge in [0.15, 0.2) is 0 Å². The lowest BCUT2D eigenvalue weighted by Crippen LogP contribution is -2.58. The summed E-state index contributed by atoms with van der Waals surface area (Å²) in [5, 5.41) is 15.4. The summed E-state index contributed by atoms with van der Waals surface area (Å²) < 4.78 is 0. The SMILES string of the molecule is Cc1cc(C2C(N)=NC(=N)N(N)C2N)n[nH]1. The zero-order chi connectivity index (χ0) is 11.9. The molecule has 1 aliphatic heterocycles. The Bertz CT molecular complexity index is 447. The minimum Gasteiger partial charge on any atom is -0.386 e. The van der Waals surface area contributed by atoms with Gasteiger partial charge in [-0.05, 0) is 13.0 Å². The first-order valence-corrected chi connectivity index (χ1v) is 4.74. The number of hydrazine groups is 1. The Morgan fingerprint density at radius 2 is 2.25 bits per heavy atom. The molecule has 0 radical (unpaired) electrons. The minimum atomic E-state index is -0.632. The predicted molar refractivity (Wildman–Crippen MR) is 59.4 cm³/mol. The van der Waals surface area contributed by atoms with Gasteiger partial charge in [0.05, 0.1) is 11.6 Å². The molecular formula is C8H14N8. The normalized spacial score (nSPS) is 25.8. The van der Waals surface area contributed by atoms with Crippen LogP contribution in [0.2, 0.25) is 0 Å². The van der Waals surface area contributed by atoms with Gasteiger partial charge < -0.3 is 11.5 Å². The topological polar surface area (TPSA) is 146 Å². The van der Waals surface area contributed by atoms with Crippen molar-refractivity contribution in [2.45, 2.75) is 19.0 Å². The van der Waals surface area contributed by atoms with Crippen molar-refractivity contribution in [3.63, 3.8) is 0 Å². The number of nitrogens with one attached hydrogen (secondary N) is 2. The number of aryl methyl sites for hydroxylation is 1. The van der Waals surface area contributed by atoms with Crippen LogP contribution >= 0.6 is 0 Å². The fourth-order valence-corrected chi connectivity index (χ4v) is 1.65. The first-order chi connectivity index (χ1) is 7.50. The van der Waals surface area contributed by atoms with Gasteiger partial charge >= 0.3 is 0 Å². The lowest BCUT2D eigenvalue weighted by atomic mass is 9.99. The molecule has 1 aromatic rings. The van der Waals surface area contributed by atoms with E-state index in [0.717, 1.165) is 10.7 Å². The number of hydrogen-bond donors (Lipinski definition) is 5. The molecule has 0 spiro atoms. The number of aliphatic imine (C=N–C) groups is 1. The highest BCUT2D eigenvalue weighted by Crippen LogP contribution is 2.22. The molecule has 2 unspecified atom stereocenters. The van der Waals surface area contributed by atoms with E-state index in [-0.39, 0.29) is 11.8 Å². The van der Waals surface area contributed by atoms with Crippen molar-refractivity contribution in [2.75, 3.05) is 0 Å². The summed E-state index contributed by atoms with van der Waals surface area (Å²) in [6.45, 7) is 1.88. The molecule has 2 rings (SSSR count). The van der Waals surface area contributed by atoms with E-state index < -0.39 is 12.1 Å². The molecule has 8 nitrogen and oxygen atoms in total. The third-order valence-corrected chi connectivity index (χ3v) is 2.51. The Labute approximate surface area is 92.0 Å². The summed E-state index contributed by atoms with van der Waals surface area (Å²) in [5.41, 5.74) is 13.2. The van der Waals surface area contributed by atoms with Crippen molar-refractivity contribution in [3.05, 3.63) is 17.5 Å². The van der Waals surface area contributed by atoms with Crippen LogP contribution in [-0.4, -0.2) is 33.2 Å². The number of nitrogens with zero attached hydrogens (tertiary/aromatic N) is 3.